The summed E-state index contributed by atoms with van der Waals surface area (Å²) in [6, 6.07) is 12.2. The number of aromatic nitrogens is 1. The van der Waals surface area contributed by atoms with Crippen LogP contribution in [0.4, 0.5) is 0 Å². The number of thioether (sulfide) groups is 1. The average molecular weight is 422 g/mol. The summed E-state index contributed by atoms with van der Waals surface area (Å²) in [6.07, 6.45) is 9.52. The van der Waals surface area contributed by atoms with E-state index in [0.717, 1.165) is 16.5 Å². The molecule has 2 rings (SSSR count). The zero-order chi connectivity index (χ0) is 18.1. The van der Waals surface area contributed by atoms with Gasteiger partial charge in [0.15, 0.2) is 0 Å². The Kier molecular flexibility index (Phi) is 8.47. The van der Waals surface area contributed by atoms with Gasteiger partial charge in [0.1, 0.15) is 5.60 Å². The lowest BCUT2D eigenvalue weighted by atomic mass is 9.81. The number of pyridine rings is 1. The molecule has 0 spiro atoms. The zero-order valence-corrected chi connectivity index (χ0v) is 17.5. The fourth-order valence-electron chi connectivity index (χ4n) is 2.97. The van der Waals surface area contributed by atoms with Crippen LogP contribution >= 0.6 is 27.7 Å². The van der Waals surface area contributed by atoms with Gasteiger partial charge in [-0.15, -0.1) is 11.8 Å². The van der Waals surface area contributed by atoms with Crippen LogP contribution in [0.2, 0.25) is 0 Å². The topological polar surface area (TPSA) is 33.1 Å². The molecule has 0 aliphatic rings. The zero-order valence-electron chi connectivity index (χ0n) is 15.1. The lowest BCUT2D eigenvalue weighted by Crippen LogP contribution is -2.36. The normalized spacial score (nSPS) is 14.9. The van der Waals surface area contributed by atoms with Crippen molar-refractivity contribution >= 4 is 27.7 Å². The van der Waals surface area contributed by atoms with Crippen LogP contribution in [-0.4, -0.2) is 15.8 Å². The van der Waals surface area contributed by atoms with Crippen molar-refractivity contribution in [3.8, 4) is 0 Å². The first kappa shape index (κ1) is 20.5. The van der Waals surface area contributed by atoms with E-state index in [1.807, 2.05) is 30.5 Å². The smallest absolute Gasteiger partial charge is 0.103 e. The van der Waals surface area contributed by atoms with E-state index in [9.17, 15) is 5.11 Å². The van der Waals surface area contributed by atoms with Crippen molar-refractivity contribution in [3.05, 3.63) is 58.8 Å². The molecule has 0 fully saturated rings. The van der Waals surface area contributed by atoms with Gasteiger partial charge in [0.25, 0.3) is 0 Å². The molecule has 0 saturated heterocycles. The summed E-state index contributed by atoms with van der Waals surface area (Å²) in [5.74, 6) is 0.825. The predicted octanol–water partition coefficient (Wildman–Crippen LogP) is 6.43. The van der Waals surface area contributed by atoms with E-state index in [2.05, 4.69) is 46.9 Å². The first-order valence-corrected chi connectivity index (χ1v) is 10.9. The molecule has 1 aromatic carbocycles. The molecule has 25 heavy (non-hydrogen) atoms. The molecule has 0 aliphatic heterocycles. The van der Waals surface area contributed by atoms with Gasteiger partial charge in [0.05, 0.1) is 0 Å². The van der Waals surface area contributed by atoms with E-state index in [0.29, 0.717) is 5.75 Å². The average Bonchev–Trinajstić information content (AvgIpc) is 2.65. The minimum atomic E-state index is -0.863. The third-order valence-corrected chi connectivity index (χ3v) is 6.46. The van der Waals surface area contributed by atoms with E-state index in [1.165, 1.54) is 30.6 Å². The highest BCUT2D eigenvalue weighted by molar-refractivity contribution is 9.10. The van der Waals surface area contributed by atoms with E-state index in [-0.39, 0.29) is 5.92 Å². The van der Waals surface area contributed by atoms with Crippen LogP contribution in [0.3, 0.4) is 0 Å². The lowest BCUT2D eigenvalue weighted by molar-refractivity contribution is 0.00177. The largest absolute Gasteiger partial charge is 0.384 e. The van der Waals surface area contributed by atoms with Crippen molar-refractivity contribution in [2.45, 2.75) is 56.4 Å². The molecule has 0 radical (unpaired) electrons. The maximum absolute atomic E-state index is 11.6. The number of hydrogen-bond donors (Lipinski definition) is 1. The summed E-state index contributed by atoms with van der Waals surface area (Å²) in [5.41, 5.74) is 0.0562. The number of benzene rings is 1. The van der Waals surface area contributed by atoms with Gasteiger partial charge in [0.2, 0.25) is 0 Å². The van der Waals surface area contributed by atoms with Crippen LogP contribution in [0.25, 0.3) is 0 Å². The Morgan fingerprint density at radius 3 is 2.56 bits per heavy atom. The monoisotopic (exact) mass is 421 g/mol. The maximum Gasteiger partial charge on any atom is 0.103 e. The molecular formula is C21H28BrNOS. The Bertz CT molecular complexity index is 620. The highest BCUT2D eigenvalue weighted by Gasteiger charge is 2.35. The summed E-state index contributed by atoms with van der Waals surface area (Å²) >= 11 is 5.17. The van der Waals surface area contributed by atoms with Crippen molar-refractivity contribution in [1.29, 1.82) is 0 Å². The van der Waals surface area contributed by atoms with Gasteiger partial charge < -0.3 is 5.11 Å². The van der Waals surface area contributed by atoms with Gasteiger partial charge in [0, 0.05) is 33.1 Å². The quantitative estimate of drug-likeness (QED) is 0.354. The molecule has 2 aromatic rings. The SMILES string of the molecule is CCCCCCC(C)C(O)(CSc1ccc(Br)cc1)c1cccnc1. The second-order valence-electron chi connectivity index (χ2n) is 6.66. The number of hydrogen-bond acceptors (Lipinski definition) is 3. The van der Waals surface area contributed by atoms with Crippen LogP contribution in [0.15, 0.2) is 58.2 Å². The lowest BCUT2D eigenvalue weighted by Gasteiger charge is -2.34. The van der Waals surface area contributed by atoms with Gasteiger partial charge in [-0.25, -0.2) is 0 Å². The van der Waals surface area contributed by atoms with Gasteiger partial charge in [-0.3, -0.25) is 4.98 Å². The molecule has 2 unspecified atom stereocenters. The van der Waals surface area contributed by atoms with Gasteiger partial charge in [-0.2, -0.15) is 0 Å². The molecule has 0 bridgehead atoms. The Labute approximate surface area is 164 Å². The molecular weight excluding hydrogens is 394 g/mol. The molecule has 2 atom stereocenters. The molecule has 0 amide bonds. The molecule has 1 aromatic heterocycles. The fraction of sp³-hybridized carbons (Fsp3) is 0.476. The molecule has 0 saturated carbocycles. The number of rotatable bonds is 10. The third-order valence-electron chi connectivity index (χ3n) is 4.74. The standard InChI is InChI=1S/C21H28BrNOS/c1-3-4-5-6-8-17(2)21(24,18-9-7-14-23-15-18)16-25-20-12-10-19(22)11-13-20/h7,9-15,17,24H,3-6,8,16H2,1-2H3. The minimum absolute atomic E-state index is 0.191. The summed E-state index contributed by atoms with van der Waals surface area (Å²) in [5, 5.41) is 11.6. The maximum atomic E-state index is 11.6. The van der Waals surface area contributed by atoms with Gasteiger partial charge in [-0.1, -0.05) is 61.5 Å². The van der Waals surface area contributed by atoms with Gasteiger partial charge in [-0.05, 0) is 42.7 Å². The Balaban J connectivity index is 2.10. The van der Waals surface area contributed by atoms with Crippen molar-refractivity contribution < 1.29 is 5.11 Å². The van der Waals surface area contributed by atoms with Crippen molar-refractivity contribution in [1.82, 2.24) is 4.98 Å². The Hall–Kier alpha value is -0.840. The van der Waals surface area contributed by atoms with Gasteiger partial charge >= 0.3 is 0 Å². The fourth-order valence-corrected chi connectivity index (χ4v) is 4.40. The van der Waals surface area contributed by atoms with Crippen LogP contribution in [0, 0.1) is 5.92 Å². The number of aliphatic hydroxyl groups is 1. The molecule has 1 N–H and O–H groups in total. The molecule has 2 nitrogen and oxygen atoms in total. The number of halogens is 1. The van der Waals surface area contributed by atoms with E-state index < -0.39 is 5.60 Å². The van der Waals surface area contributed by atoms with E-state index >= 15 is 0 Å². The van der Waals surface area contributed by atoms with E-state index in [1.54, 1.807) is 18.0 Å². The summed E-state index contributed by atoms with van der Waals surface area (Å²) < 4.78 is 1.07. The third kappa shape index (κ3) is 6.12. The van der Waals surface area contributed by atoms with Crippen LogP contribution < -0.4 is 0 Å². The first-order valence-electron chi connectivity index (χ1n) is 9.07. The van der Waals surface area contributed by atoms with Crippen LogP contribution in [-0.2, 0) is 5.60 Å². The van der Waals surface area contributed by atoms with E-state index in [4.69, 9.17) is 0 Å². The number of unbranched alkanes of at least 4 members (excludes halogenated alkanes) is 3. The molecule has 0 aliphatic carbocycles. The highest BCUT2D eigenvalue weighted by Crippen LogP contribution is 2.38. The minimum Gasteiger partial charge on any atom is -0.384 e. The number of nitrogens with zero attached hydrogens (tertiary/aromatic N) is 1. The van der Waals surface area contributed by atoms with Crippen LogP contribution in [0.5, 0.6) is 0 Å². The van der Waals surface area contributed by atoms with Crippen molar-refractivity contribution in [2.24, 2.45) is 5.92 Å². The summed E-state index contributed by atoms with van der Waals surface area (Å²) in [4.78, 5) is 5.40. The summed E-state index contributed by atoms with van der Waals surface area (Å²) in [7, 11) is 0. The molecule has 4 heteroatoms. The summed E-state index contributed by atoms with van der Waals surface area (Å²) in [6.45, 7) is 4.39. The van der Waals surface area contributed by atoms with Crippen molar-refractivity contribution in [2.75, 3.05) is 5.75 Å². The second kappa shape index (κ2) is 10.3. The highest BCUT2D eigenvalue weighted by atomic mass is 79.9. The molecule has 1 heterocycles. The van der Waals surface area contributed by atoms with Crippen molar-refractivity contribution in [3.63, 3.8) is 0 Å². The first-order chi connectivity index (χ1) is 12.1. The molecule has 136 valence electrons. The Morgan fingerprint density at radius 2 is 1.92 bits per heavy atom. The Morgan fingerprint density at radius 1 is 1.16 bits per heavy atom. The van der Waals surface area contributed by atoms with Crippen LogP contribution in [0.1, 0.15) is 51.5 Å². The second-order valence-corrected chi connectivity index (χ2v) is 8.62. The predicted molar refractivity (Wildman–Crippen MR) is 111 cm³/mol.